The molecule has 16 heavy (non-hydrogen) atoms. The van der Waals surface area contributed by atoms with E-state index in [0.717, 1.165) is 6.07 Å². The van der Waals surface area contributed by atoms with Gasteiger partial charge in [-0.05, 0) is 24.6 Å². The lowest BCUT2D eigenvalue weighted by Crippen LogP contribution is -2.22. The number of hydrogen-bond donors (Lipinski definition) is 1. The lowest BCUT2D eigenvalue weighted by Gasteiger charge is -2.12. The van der Waals surface area contributed by atoms with Crippen LogP contribution in [0.1, 0.15) is 25.1 Å². The molecule has 0 aliphatic carbocycles. The summed E-state index contributed by atoms with van der Waals surface area (Å²) in [6.07, 6.45) is -2.95. The van der Waals surface area contributed by atoms with E-state index in [1.54, 1.807) is 0 Å². The second kappa shape index (κ2) is 5.30. The Balaban J connectivity index is 2.72. The predicted molar refractivity (Wildman–Crippen MR) is 55.8 cm³/mol. The standard InChI is InChI=1S/C11H15F3N2/c1-8(2)6-15-7-10-9(11(12,13)14)4-3-5-16-10/h3-5,8,15H,6-7H2,1-2H3. The third-order valence-corrected chi connectivity index (χ3v) is 2.04. The highest BCUT2D eigenvalue weighted by molar-refractivity contribution is 5.22. The molecular formula is C11H15F3N2. The van der Waals surface area contributed by atoms with Gasteiger partial charge >= 0.3 is 6.18 Å². The van der Waals surface area contributed by atoms with E-state index in [1.807, 2.05) is 13.8 Å². The van der Waals surface area contributed by atoms with Gasteiger partial charge in [0.1, 0.15) is 0 Å². The van der Waals surface area contributed by atoms with Crippen LogP contribution in [0.3, 0.4) is 0 Å². The maximum Gasteiger partial charge on any atom is 0.418 e. The van der Waals surface area contributed by atoms with Crippen LogP contribution in [0.5, 0.6) is 0 Å². The molecule has 0 saturated heterocycles. The molecule has 0 radical (unpaired) electrons. The van der Waals surface area contributed by atoms with E-state index in [9.17, 15) is 13.2 Å². The first-order chi connectivity index (χ1) is 7.41. The lowest BCUT2D eigenvalue weighted by atomic mass is 10.1. The third-order valence-electron chi connectivity index (χ3n) is 2.04. The van der Waals surface area contributed by atoms with Crippen LogP contribution in [0.2, 0.25) is 0 Å². The normalized spacial score (nSPS) is 12.1. The molecule has 2 nitrogen and oxygen atoms in total. The Morgan fingerprint density at radius 1 is 1.38 bits per heavy atom. The summed E-state index contributed by atoms with van der Waals surface area (Å²) in [5, 5.41) is 2.95. The number of nitrogens with one attached hydrogen (secondary N) is 1. The summed E-state index contributed by atoms with van der Waals surface area (Å²) < 4.78 is 37.7. The largest absolute Gasteiger partial charge is 0.418 e. The smallest absolute Gasteiger partial charge is 0.311 e. The second-order valence-corrected chi connectivity index (χ2v) is 4.02. The van der Waals surface area contributed by atoms with Crippen LogP contribution < -0.4 is 5.32 Å². The number of halogens is 3. The van der Waals surface area contributed by atoms with E-state index < -0.39 is 11.7 Å². The summed E-state index contributed by atoms with van der Waals surface area (Å²) in [5.74, 6) is 0.401. The van der Waals surface area contributed by atoms with Gasteiger partial charge in [-0.25, -0.2) is 0 Å². The van der Waals surface area contributed by atoms with Crippen molar-refractivity contribution < 1.29 is 13.2 Å². The van der Waals surface area contributed by atoms with Gasteiger partial charge in [-0.3, -0.25) is 4.98 Å². The molecule has 1 N–H and O–H groups in total. The van der Waals surface area contributed by atoms with E-state index in [2.05, 4.69) is 10.3 Å². The predicted octanol–water partition coefficient (Wildman–Crippen LogP) is 2.85. The van der Waals surface area contributed by atoms with Crippen LogP contribution in [0, 0.1) is 5.92 Å². The van der Waals surface area contributed by atoms with Gasteiger partial charge in [0.2, 0.25) is 0 Å². The van der Waals surface area contributed by atoms with Gasteiger partial charge in [-0.15, -0.1) is 0 Å². The van der Waals surface area contributed by atoms with Crippen LogP contribution in [-0.4, -0.2) is 11.5 Å². The van der Waals surface area contributed by atoms with Crippen LogP contribution in [0.25, 0.3) is 0 Å². The van der Waals surface area contributed by atoms with Crippen LogP contribution in [0.15, 0.2) is 18.3 Å². The highest BCUT2D eigenvalue weighted by Crippen LogP contribution is 2.30. The Kier molecular flexibility index (Phi) is 4.29. The maximum atomic E-state index is 12.6. The SMILES string of the molecule is CC(C)CNCc1ncccc1C(F)(F)F. The van der Waals surface area contributed by atoms with E-state index in [1.165, 1.54) is 12.3 Å². The van der Waals surface area contributed by atoms with Gasteiger partial charge in [0.25, 0.3) is 0 Å². The Bertz CT molecular complexity index is 334. The molecule has 0 saturated carbocycles. The summed E-state index contributed by atoms with van der Waals surface area (Å²) in [6, 6.07) is 2.36. The number of aromatic nitrogens is 1. The molecular weight excluding hydrogens is 217 g/mol. The first-order valence-electron chi connectivity index (χ1n) is 5.13. The van der Waals surface area contributed by atoms with Crippen molar-refractivity contribution in [3.05, 3.63) is 29.6 Å². The van der Waals surface area contributed by atoms with Crippen molar-refractivity contribution in [2.24, 2.45) is 5.92 Å². The highest BCUT2D eigenvalue weighted by Gasteiger charge is 2.33. The molecule has 5 heteroatoms. The van der Waals surface area contributed by atoms with Gasteiger partial charge in [-0.1, -0.05) is 13.8 Å². The average molecular weight is 232 g/mol. The minimum atomic E-state index is -4.33. The molecule has 0 spiro atoms. The minimum absolute atomic E-state index is 0.0515. The highest BCUT2D eigenvalue weighted by atomic mass is 19.4. The molecule has 1 heterocycles. The van der Waals surface area contributed by atoms with Gasteiger partial charge in [0.05, 0.1) is 11.3 Å². The van der Waals surface area contributed by atoms with Gasteiger partial charge in [0, 0.05) is 12.7 Å². The quantitative estimate of drug-likeness (QED) is 0.863. The molecule has 0 aliphatic heterocycles. The molecule has 1 rings (SSSR count). The Morgan fingerprint density at radius 2 is 2.06 bits per heavy atom. The van der Waals surface area contributed by atoms with Gasteiger partial charge in [0.15, 0.2) is 0 Å². The molecule has 0 atom stereocenters. The van der Waals surface area contributed by atoms with E-state index >= 15 is 0 Å². The van der Waals surface area contributed by atoms with Crippen molar-refractivity contribution in [3.63, 3.8) is 0 Å². The van der Waals surface area contributed by atoms with Crippen molar-refractivity contribution in [2.45, 2.75) is 26.6 Å². The molecule has 0 aromatic carbocycles. The molecule has 1 aromatic heterocycles. The fourth-order valence-electron chi connectivity index (χ4n) is 1.32. The zero-order valence-corrected chi connectivity index (χ0v) is 9.30. The first kappa shape index (κ1) is 13.0. The first-order valence-corrected chi connectivity index (χ1v) is 5.13. The molecule has 0 unspecified atom stereocenters. The fraction of sp³-hybridized carbons (Fsp3) is 0.545. The van der Waals surface area contributed by atoms with Gasteiger partial charge < -0.3 is 5.32 Å². The third kappa shape index (κ3) is 3.81. The summed E-state index contributed by atoms with van der Waals surface area (Å²) in [6.45, 7) is 4.81. The van der Waals surface area contributed by atoms with Crippen LogP contribution >= 0.6 is 0 Å². The van der Waals surface area contributed by atoms with Crippen molar-refractivity contribution >= 4 is 0 Å². The molecule has 0 fully saturated rings. The number of alkyl halides is 3. The molecule has 1 aromatic rings. The van der Waals surface area contributed by atoms with Crippen molar-refractivity contribution in [3.8, 4) is 0 Å². The Morgan fingerprint density at radius 3 is 2.62 bits per heavy atom. The Labute approximate surface area is 92.9 Å². The topological polar surface area (TPSA) is 24.9 Å². The minimum Gasteiger partial charge on any atom is -0.311 e. The zero-order valence-electron chi connectivity index (χ0n) is 9.30. The van der Waals surface area contributed by atoms with Crippen LogP contribution in [0.4, 0.5) is 13.2 Å². The van der Waals surface area contributed by atoms with Crippen molar-refractivity contribution in [1.29, 1.82) is 0 Å². The lowest BCUT2D eigenvalue weighted by molar-refractivity contribution is -0.138. The van der Waals surface area contributed by atoms with E-state index in [0.29, 0.717) is 12.5 Å². The van der Waals surface area contributed by atoms with E-state index in [4.69, 9.17) is 0 Å². The zero-order chi connectivity index (χ0) is 12.2. The Hall–Kier alpha value is -1.10. The number of rotatable bonds is 4. The number of nitrogens with zero attached hydrogens (tertiary/aromatic N) is 1. The summed E-state index contributed by atoms with van der Waals surface area (Å²) in [7, 11) is 0. The van der Waals surface area contributed by atoms with E-state index in [-0.39, 0.29) is 12.2 Å². The second-order valence-electron chi connectivity index (χ2n) is 4.02. The van der Waals surface area contributed by atoms with Crippen molar-refractivity contribution in [2.75, 3.05) is 6.54 Å². The van der Waals surface area contributed by atoms with Crippen LogP contribution in [-0.2, 0) is 12.7 Å². The molecule has 90 valence electrons. The molecule has 0 amide bonds. The number of pyridine rings is 1. The van der Waals surface area contributed by atoms with Crippen molar-refractivity contribution in [1.82, 2.24) is 10.3 Å². The monoisotopic (exact) mass is 232 g/mol. The van der Waals surface area contributed by atoms with Gasteiger partial charge in [-0.2, -0.15) is 13.2 Å². The summed E-state index contributed by atoms with van der Waals surface area (Å²) in [5.41, 5.74) is -0.609. The summed E-state index contributed by atoms with van der Waals surface area (Å²) in [4.78, 5) is 3.76. The molecule has 0 aliphatic rings. The molecule has 0 bridgehead atoms. The fourth-order valence-corrected chi connectivity index (χ4v) is 1.32. The average Bonchev–Trinajstić information content (AvgIpc) is 2.16. The maximum absolute atomic E-state index is 12.6. The number of hydrogen-bond acceptors (Lipinski definition) is 2. The summed E-state index contributed by atoms with van der Waals surface area (Å²) >= 11 is 0.